The number of likely N-dealkylation sites (tertiary alicyclic amines) is 1. The summed E-state index contributed by atoms with van der Waals surface area (Å²) in [6, 6.07) is 14.8. The molecule has 3 saturated heterocycles. The minimum absolute atomic E-state index is 0.0328. The third kappa shape index (κ3) is 5.68. The molecule has 3 aliphatic rings. The van der Waals surface area contributed by atoms with Gasteiger partial charge in [-0.25, -0.2) is 0 Å². The lowest BCUT2D eigenvalue weighted by atomic mass is 9.62. The first kappa shape index (κ1) is 29.4. The van der Waals surface area contributed by atoms with E-state index in [1.165, 1.54) is 29.2 Å². The molecule has 5 rings (SSSR count). The second-order valence-corrected chi connectivity index (χ2v) is 11.3. The van der Waals surface area contributed by atoms with Crippen molar-refractivity contribution in [2.24, 2.45) is 5.41 Å². The second kappa shape index (κ2) is 12.0. The molecule has 7 nitrogen and oxygen atoms in total. The Morgan fingerprint density at radius 1 is 1.07 bits per heavy atom. The van der Waals surface area contributed by atoms with Gasteiger partial charge >= 0.3 is 6.18 Å². The Balaban J connectivity index is 1.38. The summed E-state index contributed by atoms with van der Waals surface area (Å²) in [7, 11) is 0.917. The molecule has 0 saturated carbocycles. The van der Waals surface area contributed by atoms with E-state index in [2.05, 4.69) is 5.32 Å². The van der Waals surface area contributed by atoms with Crippen LogP contribution in [0, 0.1) is 5.41 Å². The van der Waals surface area contributed by atoms with E-state index in [0.29, 0.717) is 26.0 Å². The van der Waals surface area contributed by atoms with E-state index in [4.69, 9.17) is 14.2 Å². The molecule has 3 heterocycles. The van der Waals surface area contributed by atoms with Crippen LogP contribution in [0.4, 0.5) is 13.2 Å². The zero-order valence-corrected chi connectivity index (χ0v) is 23.3. The van der Waals surface area contributed by atoms with Crippen LogP contribution < -0.4 is 10.1 Å². The van der Waals surface area contributed by atoms with Crippen LogP contribution in [0.1, 0.15) is 55.6 Å². The number of benzene rings is 2. The van der Waals surface area contributed by atoms with Crippen molar-refractivity contribution in [1.82, 2.24) is 10.2 Å². The molecule has 3 fully saturated rings. The number of nitrogens with zero attached hydrogens (tertiary/aromatic N) is 1. The van der Waals surface area contributed by atoms with Crippen molar-refractivity contribution in [1.29, 1.82) is 0 Å². The average Bonchev–Trinajstić information content (AvgIpc) is 2.98. The van der Waals surface area contributed by atoms with Crippen LogP contribution in [0.5, 0.6) is 5.75 Å². The molecule has 2 aromatic rings. The Labute approximate surface area is 238 Å². The Morgan fingerprint density at radius 3 is 2.44 bits per heavy atom. The van der Waals surface area contributed by atoms with E-state index in [1.807, 2.05) is 24.3 Å². The number of para-hydroxylation sites is 1. The highest BCUT2D eigenvalue weighted by molar-refractivity contribution is 5.88. The summed E-state index contributed by atoms with van der Waals surface area (Å²) in [6.45, 7) is 1.71. The summed E-state index contributed by atoms with van der Waals surface area (Å²) >= 11 is 0. The van der Waals surface area contributed by atoms with Crippen molar-refractivity contribution in [2.45, 2.75) is 62.3 Å². The lowest BCUT2D eigenvalue weighted by Gasteiger charge is -2.50. The van der Waals surface area contributed by atoms with Crippen LogP contribution in [-0.4, -0.2) is 69.0 Å². The minimum atomic E-state index is -4.97. The summed E-state index contributed by atoms with van der Waals surface area (Å²) in [4.78, 5) is 27.5. The molecule has 2 aromatic carbocycles. The van der Waals surface area contributed by atoms with E-state index >= 15 is 0 Å². The van der Waals surface area contributed by atoms with Crippen LogP contribution >= 0.6 is 0 Å². The van der Waals surface area contributed by atoms with E-state index in [0.717, 1.165) is 44.3 Å². The number of rotatable bonds is 7. The third-order valence-corrected chi connectivity index (χ3v) is 8.98. The summed E-state index contributed by atoms with van der Waals surface area (Å²) in [6.07, 6.45) is -0.854. The van der Waals surface area contributed by atoms with Gasteiger partial charge in [-0.05, 0) is 49.1 Å². The van der Waals surface area contributed by atoms with E-state index in [-0.39, 0.29) is 43.0 Å². The van der Waals surface area contributed by atoms with Gasteiger partial charge in [0.05, 0.1) is 6.10 Å². The number of hydrogen-bond donors (Lipinski definition) is 1. The largest absolute Gasteiger partial charge is 0.491 e. The Kier molecular flexibility index (Phi) is 8.61. The number of hydrogen-bond acceptors (Lipinski definition) is 5. The fourth-order valence-corrected chi connectivity index (χ4v) is 6.70. The van der Waals surface area contributed by atoms with Gasteiger partial charge in [0.1, 0.15) is 12.4 Å². The molecule has 0 aromatic heterocycles. The van der Waals surface area contributed by atoms with Crippen LogP contribution in [0.25, 0.3) is 0 Å². The predicted molar refractivity (Wildman–Crippen MR) is 145 cm³/mol. The standard InChI is InChI=1S/C31H37F3N2O5/c1-39-30(31(32,33)34,22-9-3-2-4-10-22)28(38)36-16-14-29(15-17-36)19-27(37)35-20-25(29)24-12-5-6-13-26(24)41-21-23-11-7-8-18-40-23/h2-6,9-10,12-13,23,25H,7-8,11,14-21H2,1H3,(H,35,37)/t23-,25-,30+/m0/s1. The van der Waals surface area contributed by atoms with Crippen LogP contribution in [0.3, 0.4) is 0 Å². The van der Waals surface area contributed by atoms with Crippen LogP contribution in [-0.2, 0) is 24.7 Å². The molecular weight excluding hydrogens is 537 g/mol. The molecule has 10 heteroatoms. The SMILES string of the molecule is CO[C@@](C(=O)N1CCC2(CC1)CC(=O)NC[C@H]2c1ccccc1OC[C@@H]1CCCCO1)(c1ccccc1)C(F)(F)F. The summed E-state index contributed by atoms with van der Waals surface area (Å²) in [5.41, 5.74) is -2.94. The highest BCUT2D eigenvalue weighted by Gasteiger charge is 2.64. The lowest BCUT2D eigenvalue weighted by molar-refractivity contribution is -0.271. The number of carbonyl (C=O) groups excluding carboxylic acids is 2. The maximum atomic E-state index is 14.6. The van der Waals surface area contributed by atoms with Crippen molar-refractivity contribution in [2.75, 3.05) is 40.0 Å². The summed E-state index contributed by atoms with van der Waals surface area (Å²) in [5, 5.41) is 2.98. The molecule has 1 spiro atoms. The first-order chi connectivity index (χ1) is 19.7. The van der Waals surface area contributed by atoms with Gasteiger partial charge in [-0.2, -0.15) is 13.2 Å². The maximum Gasteiger partial charge on any atom is 0.430 e. The van der Waals surface area contributed by atoms with Gasteiger partial charge < -0.3 is 24.4 Å². The van der Waals surface area contributed by atoms with E-state index < -0.39 is 23.1 Å². The molecule has 0 unspecified atom stereocenters. The molecular formula is C31H37F3N2O5. The zero-order valence-electron chi connectivity index (χ0n) is 23.3. The van der Waals surface area contributed by atoms with Crippen molar-refractivity contribution < 1.29 is 37.0 Å². The highest BCUT2D eigenvalue weighted by atomic mass is 19.4. The molecule has 1 N–H and O–H groups in total. The number of alkyl halides is 3. The van der Waals surface area contributed by atoms with Crippen molar-refractivity contribution >= 4 is 11.8 Å². The number of halogens is 3. The number of methoxy groups -OCH3 is 1. The summed E-state index contributed by atoms with van der Waals surface area (Å²) < 4.78 is 60.8. The minimum Gasteiger partial charge on any atom is -0.491 e. The molecule has 0 aliphatic carbocycles. The van der Waals surface area contributed by atoms with E-state index in [1.54, 1.807) is 6.07 Å². The van der Waals surface area contributed by atoms with Gasteiger partial charge in [0.2, 0.25) is 5.91 Å². The van der Waals surface area contributed by atoms with Gasteiger partial charge in [-0.3, -0.25) is 9.59 Å². The monoisotopic (exact) mass is 574 g/mol. The van der Waals surface area contributed by atoms with E-state index in [9.17, 15) is 22.8 Å². The summed E-state index contributed by atoms with van der Waals surface area (Å²) in [5.74, 6) is -0.632. The topological polar surface area (TPSA) is 77.1 Å². The smallest absolute Gasteiger partial charge is 0.430 e. The van der Waals surface area contributed by atoms with Crippen LogP contribution in [0.2, 0.25) is 0 Å². The first-order valence-electron chi connectivity index (χ1n) is 14.3. The second-order valence-electron chi connectivity index (χ2n) is 11.3. The Hall–Kier alpha value is -3.11. The third-order valence-electron chi connectivity index (χ3n) is 8.98. The molecule has 3 aliphatic heterocycles. The van der Waals surface area contributed by atoms with Gasteiger partial charge in [0.15, 0.2) is 0 Å². The average molecular weight is 575 g/mol. The van der Waals surface area contributed by atoms with Crippen LogP contribution in [0.15, 0.2) is 54.6 Å². The van der Waals surface area contributed by atoms with Gasteiger partial charge in [-0.1, -0.05) is 48.5 Å². The number of amides is 2. The van der Waals surface area contributed by atoms with Gasteiger partial charge in [0.25, 0.3) is 11.5 Å². The molecule has 2 amide bonds. The van der Waals surface area contributed by atoms with Crippen molar-refractivity contribution in [3.63, 3.8) is 0 Å². The first-order valence-corrected chi connectivity index (χ1v) is 14.3. The molecule has 0 bridgehead atoms. The number of carbonyl (C=O) groups is 2. The lowest BCUT2D eigenvalue weighted by Crippen LogP contribution is -2.60. The fourth-order valence-electron chi connectivity index (χ4n) is 6.70. The Bertz CT molecular complexity index is 1210. The Morgan fingerprint density at radius 2 is 1.78 bits per heavy atom. The molecule has 3 atom stereocenters. The quantitative estimate of drug-likeness (QED) is 0.507. The molecule has 41 heavy (non-hydrogen) atoms. The molecule has 0 radical (unpaired) electrons. The molecule has 222 valence electrons. The van der Waals surface area contributed by atoms with Crippen molar-refractivity contribution in [3.05, 3.63) is 65.7 Å². The number of piperidine rings is 2. The fraction of sp³-hybridized carbons (Fsp3) is 0.548. The van der Waals surface area contributed by atoms with Crippen molar-refractivity contribution in [3.8, 4) is 5.75 Å². The predicted octanol–water partition coefficient (Wildman–Crippen LogP) is 4.95. The van der Waals surface area contributed by atoms with Gasteiger partial charge in [0, 0.05) is 51.3 Å². The zero-order chi connectivity index (χ0) is 29.1. The highest BCUT2D eigenvalue weighted by Crippen LogP contribution is 2.52. The normalized spacial score (nSPS) is 24.4. The maximum absolute atomic E-state index is 14.6. The number of ether oxygens (including phenoxy) is 3. The van der Waals surface area contributed by atoms with Gasteiger partial charge in [-0.15, -0.1) is 0 Å². The number of nitrogens with one attached hydrogen (secondary N) is 1.